The quantitative estimate of drug-likeness (QED) is 0.536. The first-order valence-electron chi connectivity index (χ1n) is 12.3. The van der Waals surface area contributed by atoms with Crippen molar-refractivity contribution in [1.29, 1.82) is 0 Å². The number of fused-ring (bicyclic) bond motifs is 2. The molecule has 2 heterocycles. The van der Waals surface area contributed by atoms with E-state index in [9.17, 15) is 19.5 Å². The van der Waals surface area contributed by atoms with E-state index >= 15 is 0 Å². The number of hydrogen-bond acceptors (Lipinski definition) is 5. The van der Waals surface area contributed by atoms with E-state index in [1.54, 1.807) is 18.2 Å². The molecule has 1 aliphatic carbocycles. The largest absolute Gasteiger partial charge is 0.480 e. The second-order valence-electron chi connectivity index (χ2n) is 10.7. The van der Waals surface area contributed by atoms with Crippen molar-refractivity contribution in [3.63, 3.8) is 0 Å². The van der Waals surface area contributed by atoms with Gasteiger partial charge in [0.1, 0.15) is 17.7 Å². The van der Waals surface area contributed by atoms with Crippen LogP contribution in [0, 0.1) is 5.92 Å². The molecule has 1 unspecified atom stereocenters. The second kappa shape index (κ2) is 9.15. The van der Waals surface area contributed by atoms with Gasteiger partial charge in [0.05, 0.1) is 5.54 Å². The van der Waals surface area contributed by atoms with E-state index in [4.69, 9.17) is 16.4 Å². The van der Waals surface area contributed by atoms with Crippen molar-refractivity contribution in [2.24, 2.45) is 5.92 Å². The van der Waals surface area contributed by atoms with E-state index < -0.39 is 29.4 Å². The number of halogens is 1. The zero-order valence-electron chi connectivity index (χ0n) is 20.8. The zero-order valence-corrected chi connectivity index (χ0v) is 21.6. The Bertz CT molecular complexity index is 1350. The third-order valence-electron chi connectivity index (χ3n) is 7.70. The van der Waals surface area contributed by atoms with Gasteiger partial charge in [-0.1, -0.05) is 54.1 Å². The zero-order chi connectivity index (χ0) is 26.5. The van der Waals surface area contributed by atoms with Crippen molar-refractivity contribution in [2.45, 2.75) is 50.5 Å². The number of hydrogen-bond donors (Lipinski definition) is 2. The van der Waals surface area contributed by atoms with Crippen LogP contribution in [0.1, 0.15) is 50.7 Å². The van der Waals surface area contributed by atoms with Crippen LogP contribution in [0.5, 0.6) is 0 Å². The molecular formula is C29H29ClN2O5. The summed E-state index contributed by atoms with van der Waals surface area (Å²) in [7, 11) is 0. The van der Waals surface area contributed by atoms with E-state index in [1.165, 1.54) is 4.90 Å². The molecular weight excluding hydrogens is 492 g/mol. The van der Waals surface area contributed by atoms with Crippen LogP contribution in [0.25, 0.3) is 5.76 Å². The van der Waals surface area contributed by atoms with Crippen molar-refractivity contribution in [1.82, 2.24) is 5.48 Å². The van der Waals surface area contributed by atoms with Gasteiger partial charge in [-0.15, -0.1) is 5.48 Å². The van der Waals surface area contributed by atoms with Gasteiger partial charge in [0.15, 0.2) is 5.76 Å². The number of ketones is 1. The Balaban J connectivity index is 1.52. The molecule has 7 nitrogen and oxygen atoms in total. The van der Waals surface area contributed by atoms with Gasteiger partial charge in [0, 0.05) is 29.1 Å². The molecule has 0 aromatic heterocycles. The second-order valence-corrected chi connectivity index (χ2v) is 11.1. The van der Waals surface area contributed by atoms with Gasteiger partial charge in [0.2, 0.25) is 5.91 Å². The number of amides is 1. The summed E-state index contributed by atoms with van der Waals surface area (Å²) in [5.41, 5.74) is 4.97. The minimum Gasteiger partial charge on any atom is -0.480 e. The van der Waals surface area contributed by atoms with Crippen molar-refractivity contribution >= 4 is 40.7 Å². The van der Waals surface area contributed by atoms with Crippen LogP contribution in [0.4, 0.5) is 5.69 Å². The predicted molar refractivity (Wildman–Crippen MR) is 141 cm³/mol. The molecule has 0 saturated heterocycles. The summed E-state index contributed by atoms with van der Waals surface area (Å²) in [4.78, 5) is 46.0. The molecule has 3 aliphatic rings. The number of aliphatic carboxylic acids is 1. The number of carbonyl (C=O) groups excluding carboxylic acids is 2. The van der Waals surface area contributed by atoms with E-state index in [1.807, 2.05) is 44.2 Å². The van der Waals surface area contributed by atoms with Crippen molar-refractivity contribution in [3.8, 4) is 0 Å². The lowest BCUT2D eigenvalue weighted by Crippen LogP contribution is -2.44. The Labute approximate surface area is 220 Å². The van der Waals surface area contributed by atoms with Crippen LogP contribution >= 0.6 is 11.6 Å². The maximum absolute atomic E-state index is 13.9. The molecule has 0 bridgehead atoms. The van der Waals surface area contributed by atoms with Gasteiger partial charge in [-0.2, -0.15) is 0 Å². The van der Waals surface area contributed by atoms with E-state index in [0.717, 1.165) is 16.9 Å². The molecule has 1 amide bonds. The first-order chi connectivity index (χ1) is 17.5. The van der Waals surface area contributed by atoms with Crippen LogP contribution in [0.15, 0.2) is 66.3 Å². The fourth-order valence-electron chi connectivity index (χ4n) is 5.94. The highest BCUT2D eigenvalue weighted by Gasteiger charge is 2.55. The van der Waals surface area contributed by atoms with Crippen LogP contribution in [-0.4, -0.2) is 34.8 Å². The number of Topliss-reactive ketones (excluding diaryl/α,β-unsaturated/α-hetero) is 1. The van der Waals surface area contributed by atoms with Gasteiger partial charge in [-0.25, -0.2) is 0 Å². The fourth-order valence-corrected chi connectivity index (χ4v) is 6.12. The molecule has 5 rings (SSSR count). The average Bonchev–Trinajstić information content (AvgIpc) is 3.19. The molecule has 1 fully saturated rings. The van der Waals surface area contributed by atoms with Gasteiger partial charge in [-0.3, -0.25) is 19.3 Å². The summed E-state index contributed by atoms with van der Waals surface area (Å²) in [6.45, 7) is 7.90. The minimum atomic E-state index is -1.32. The average molecular weight is 521 g/mol. The van der Waals surface area contributed by atoms with Crippen LogP contribution in [-0.2, 0) is 24.6 Å². The lowest BCUT2D eigenvalue weighted by Gasteiger charge is -2.30. The number of rotatable bonds is 5. The standard InChI is InChI=1S/C29H29ClN2O5/c1-17-11-18(13-23-26(37-31-28(23,2)3)19-7-5-4-6-8-19)12-21(33)15-29(17)22-14-20(30)9-10-24(22)32(27(29)36)16-25(34)35/h4-10,14,18,31H,1,11-13,15-16H2,2-3H3,(H,34,35)/t18-,29?/m1/s1. The maximum atomic E-state index is 13.9. The third-order valence-corrected chi connectivity index (χ3v) is 7.93. The number of benzene rings is 2. The topological polar surface area (TPSA) is 95.9 Å². The Kier molecular flexibility index (Phi) is 6.24. The van der Waals surface area contributed by atoms with Crippen LogP contribution in [0.3, 0.4) is 0 Å². The SMILES string of the molecule is C=C1C[C@@H](CC2=C(c3ccccc3)ONC2(C)C)CC(=O)CC12C(=O)N(CC(=O)O)c1ccc(Cl)cc12. The Morgan fingerprint density at radius 3 is 2.62 bits per heavy atom. The number of carbonyl (C=O) groups is 3. The third kappa shape index (κ3) is 4.26. The molecule has 8 heteroatoms. The molecule has 1 saturated carbocycles. The van der Waals surface area contributed by atoms with Crippen LogP contribution < -0.4 is 10.4 Å². The van der Waals surface area contributed by atoms with E-state index in [-0.39, 0.29) is 24.5 Å². The molecule has 37 heavy (non-hydrogen) atoms. The lowest BCUT2D eigenvalue weighted by atomic mass is 9.71. The highest BCUT2D eigenvalue weighted by atomic mass is 35.5. The number of nitrogens with zero attached hydrogens (tertiary/aromatic N) is 1. The molecule has 2 aromatic carbocycles. The monoisotopic (exact) mass is 520 g/mol. The van der Waals surface area contributed by atoms with E-state index in [0.29, 0.717) is 34.7 Å². The summed E-state index contributed by atoms with van der Waals surface area (Å²) in [6.07, 6.45) is 1.24. The molecule has 0 radical (unpaired) electrons. The Hall–Kier alpha value is -3.42. The predicted octanol–water partition coefficient (Wildman–Crippen LogP) is 5.05. The number of anilines is 1. The van der Waals surface area contributed by atoms with E-state index in [2.05, 4.69) is 12.1 Å². The molecule has 192 valence electrons. The highest BCUT2D eigenvalue weighted by molar-refractivity contribution is 6.31. The maximum Gasteiger partial charge on any atom is 0.323 e. The number of carboxylic acid groups (broad SMARTS) is 1. The molecule has 1 spiro atoms. The fraction of sp³-hybridized carbons (Fsp3) is 0.345. The minimum absolute atomic E-state index is 0.0621. The van der Waals surface area contributed by atoms with Crippen molar-refractivity contribution < 1.29 is 24.3 Å². The lowest BCUT2D eigenvalue weighted by molar-refractivity contribution is -0.137. The normalized spacial score (nSPS) is 24.9. The summed E-state index contributed by atoms with van der Waals surface area (Å²) in [5.74, 6) is -0.969. The van der Waals surface area contributed by atoms with Gasteiger partial charge >= 0.3 is 5.97 Å². The van der Waals surface area contributed by atoms with Crippen molar-refractivity contribution in [3.05, 3.63) is 82.4 Å². The first kappa shape index (κ1) is 25.2. The number of nitrogens with one attached hydrogen (secondary N) is 1. The first-order valence-corrected chi connectivity index (χ1v) is 12.7. The number of carboxylic acids is 1. The Morgan fingerprint density at radius 1 is 1.19 bits per heavy atom. The van der Waals surface area contributed by atoms with Crippen LogP contribution in [0.2, 0.25) is 5.02 Å². The summed E-state index contributed by atoms with van der Waals surface area (Å²) >= 11 is 6.31. The summed E-state index contributed by atoms with van der Waals surface area (Å²) in [6, 6.07) is 14.8. The molecule has 2 atom stereocenters. The molecule has 2 N–H and O–H groups in total. The van der Waals surface area contributed by atoms with Gasteiger partial charge in [-0.05, 0) is 61.9 Å². The molecule has 2 aliphatic heterocycles. The number of hydroxylamine groups is 1. The Morgan fingerprint density at radius 2 is 1.92 bits per heavy atom. The molecule has 2 aromatic rings. The summed E-state index contributed by atoms with van der Waals surface area (Å²) < 4.78 is 0. The van der Waals surface area contributed by atoms with Crippen molar-refractivity contribution in [2.75, 3.05) is 11.4 Å². The van der Waals surface area contributed by atoms with Gasteiger partial charge in [0.25, 0.3) is 0 Å². The van der Waals surface area contributed by atoms with Gasteiger partial charge < -0.3 is 9.94 Å². The highest BCUT2D eigenvalue weighted by Crippen LogP contribution is 2.53. The summed E-state index contributed by atoms with van der Waals surface area (Å²) in [5, 5.41) is 9.88. The smallest absolute Gasteiger partial charge is 0.323 e.